The van der Waals surface area contributed by atoms with Gasteiger partial charge in [-0.3, -0.25) is 4.79 Å². The molecule has 0 unspecified atom stereocenters. The average molecular weight is 386 g/mol. The predicted octanol–water partition coefficient (Wildman–Crippen LogP) is 1.84. The van der Waals surface area contributed by atoms with Crippen LogP contribution >= 0.6 is 11.3 Å². The van der Waals surface area contributed by atoms with Crippen molar-refractivity contribution in [3.05, 3.63) is 16.3 Å². The molecule has 6 nitrogen and oxygen atoms in total. The number of alkyl halides is 3. The van der Waals surface area contributed by atoms with Crippen LogP contribution in [0.4, 0.5) is 13.2 Å². The molecule has 136 valence electrons. The molecule has 1 N–H and O–H groups in total. The van der Waals surface area contributed by atoms with Crippen LogP contribution in [-0.2, 0) is 14.8 Å². The first-order valence-corrected chi connectivity index (χ1v) is 9.54. The molecule has 1 saturated heterocycles. The molecule has 11 heteroatoms. The molecule has 0 radical (unpaired) electrons. The number of halogens is 3. The number of sulfonamides is 1. The van der Waals surface area contributed by atoms with Crippen LogP contribution in [0.2, 0.25) is 0 Å². The molecule has 0 bridgehead atoms. The average Bonchev–Trinajstić information content (AvgIpc) is 3.17. The highest BCUT2D eigenvalue weighted by Gasteiger charge is 2.32. The maximum Gasteiger partial charge on any atom is 0.411 e. The molecular weight excluding hydrogens is 369 g/mol. The first-order chi connectivity index (χ1) is 11.2. The van der Waals surface area contributed by atoms with Crippen molar-refractivity contribution in [1.82, 2.24) is 9.62 Å². The van der Waals surface area contributed by atoms with E-state index in [4.69, 9.17) is 0 Å². The van der Waals surface area contributed by atoms with Crippen LogP contribution in [0.25, 0.3) is 0 Å². The van der Waals surface area contributed by atoms with Gasteiger partial charge in [0.25, 0.3) is 5.91 Å². The lowest BCUT2D eigenvalue weighted by atomic mass is 10.4. The Morgan fingerprint density at radius 2 is 2.00 bits per heavy atom. The molecule has 0 aliphatic carbocycles. The lowest BCUT2D eigenvalue weighted by Gasteiger charge is -2.15. The minimum atomic E-state index is -4.42. The molecule has 2 heterocycles. The Balaban J connectivity index is 1.93. The van der Waals surface area contributed by atoms with E-state index in [9.17, 15) is 26.4 Å². The Morgan fingerprint density at radius 1 is 1.33 bits per heavy atom. The van der Waals surface area contributed by atoms with E-state index in [0.717, 1.165) is 24.2 Å². The zero-order chi connectivity index (χ0) is 17.8. The van der Waals surface area contributed by atoms with Crippen LogP contribution in [0.15, 0.2) is 16.3 Å². The van der Waals surface area contributed by atoms with Gasteiger partial charge in [-0.25, -0.2) is 8.42 Å². The fourth-order valence-electron chi connectivity index (χ4n) is 2.24. The SMILES string of the molecule is O=C(NCCOCC(F)(F)F)c1sccc1S(=O)(=O)N1CCCC1. The number of carbonyl (C=O) groups excluding carboxylic acids is 1. The maximum atomic E-state index is 12.5. The quantitative estimate of drug-likeness (QED) is 0.726. The van der Waals surface area contributed by atoms with Gasteiger partial charge in [0.15, 0.2) is 0 Å². The fraction of sp³-hybridized carbons (Fsp3) is 0.615. The highest BCUT2D eigenvalue weighted by molar-refractivity contribution is 7.89. The van der Waals surface area contributed by atoms with E-state index in [1.165, 1.54) is 15.8 Å². The summed E-state index contributed by atoms with van der Waals surface area (Å²) in [6, 6.07) is 1.37. The molecule has 0 spiro atoms. The van der Waals surface area contributed by atoms with Crippen LogP contribution in [0.3, 0.4) is 0 Å². The number of nitrogens with one attached hydrogen (secondary N) is 1. The van der Waals surface area contributed by atoms with Gasteiger partial charge in [0.1, 0.15) is 16.4 Å². The zero-order valence-electron chi connectivity index (χ0n) is 12.6. The lowest BCUT2D eigenvalue weighted by Crippen LogP contribution is -2.32. The van der Waals surface area contributed by atoms with Crippen molar-refractivity contribution >= 4 is 27.3 Å². The van der Waals surface area contributed by atoms with Gasteiger partial charge in [0.05, 0.1) is 6.61 Å². The van der Waals surface area contributed by atoms with Gasteiger partial charge in [-0.2, -0.15) is 17.5 Å². The van der Waals surface area contributed by atoms with E-state index in [0.29, 0.717) is 13.1 Å². The molecule has 1 aromatic rings. The highest BCUT2D eigenvalue weighted by Crippen LogP contribution is 2.27. The first-order valence-electron chi connectivity index (χ1n) is 7.22. The Labute approximate surface area is 141 Å². The molecular formula is C13H17F3N2O4S2. The maximum absolute atomic E-state index is 12.5. The molecule has 2 rings (SSSR count). The fourth-order valence-corrected chi connectivity index (χ4v) is 5.07. The van der Waals surface area contributed by atoms with E-state index >= 15 is 0 Å². The third-order valence-electron chi connectivity index (χ3n) is 3.32. The Hall–Kier alpha value is -1.17. The van der Waals surface area contributed by atoms with Gasteiger partial charge in [0, 0.05) is 19.6 Å². The molecule has 0 atom stereocenters. The van der Waals surface area contributed by atoms with E-state index in [-0.39, 0.29) is 22.9 Å². The molecule has 1 aliphatic rings. The van der Waals surface area contributed by atoms with Crippen LogP contribution in [-0.4, -0.2) is 57.7 Å². The summed E-state index contributed by atoms with van der Waals surface area (Å²) < 4.78 is 66.5. The second-order valence-electron chi connectivity index (χ2n) is 5.15. The highest BCUT2D eigenvalue weighted by atomic mass is 32.2. The van der Waals surface area contributed by atoms with E-state index in [1.54, 1.807) is 0 Å². The van der Waals surface area contributed by atoms with Crippen molar-refractivity contribution in [2.75, 3.05) is 32.8 Å². The summed E-state index contributed by atoms with van der Waals surface area (Å²) in [7, 11) is -3.72. The van der Waals surface area contributed by atoms with E-state index in [2.05, 4.69) is 10.1 Å². The van der Waals surface area contributed by atoms with Crippen molar-refractivity contribution < 1.29 is 31.1 Å². The smallest absolute Gasteiger partial charge is 0.370 e. The topological polar surface area (TPSA) is 75.7 Å². The number of ether oxygens (including phenoxy) is 1. The van der Waals surface area contributed by atoms with Gasteiger partial charge >= 0.3 is 6.18 Å². The number of amides is 1. The van der Waals surface area contributed by atoms with Crippen molar-refractivity contribution in [2.24, 2.45) is 0 Å². The number of carbonyl (C=O) groups is 1. The number of hydrogen-bond donors (Lipinski definition) is 1. The summed E-state index contributed by atoms with van der Waals surface area (Å²) in [5, 5.41) is 3.87. The summed E-state index contributed by atoms with van der Waals surface area (Å²) >= 11 is 0.973. The second-order valence-corrected chi connectivity index (χ2v) is 7.97. The van der Waals surface area contributed by atoms with Gasteiger partial charge < -0.3 is 10.1 Å². The number of hydrogen-bond acceptors (Lipinski definition) is 5. The normalized spacial score (nSPS) is 16.5. The standard InChI is InChI=1S/C13H17F3N2O4S2/c14-13(15,16)9-22-7-4-17-12(19)11-10(3-8-23-11)24(20,21)18-5-1-2-6-18/h3,8H,1-2,4-7,9H2,(H,17,19). The Kier molecular flexibility index (Phi) is 6.23. The van der Waals surface area contributed by atoms with Crippen molar-refractivity contribution in [1.29, 1.82) is 0 Å². The summed E-state index contributed by atoms with van der Waals surface area (Å²) in [4.78, 5) is 12.0. The molecule has 0 aromatic carbocycles. The Bertz CT molecular complexity index is 667. The monoisotopic (exact) mass is 386 g/mol. The summed E-state index contributed by atoms with van der Waals surface area (Å²) in [5.74, 6) is -0.640. The summed E-state index contributed by atoms with van der Waals surface area (Å²) in [6.45, 7) is -1.01. The van der Waals surface area contributed by atoms with E-state index in [1.807, 2.05) is 0 Å². The Morgan fingerprint density at radius 3 is 2.62 bits per heavy atom. The molecule has 1 amide bonds. The van der Waals surface area contributed by atoms with Crippen molar-refractivity contribution in [2.45, 2.75) is 23.9 Å². The minimum Gasteiger partial charge on any atom is -0.370 e. The lowest BCUT2D eigenvalue weighted by molar-refractivity contribution is -0.173. The summed E-state index contributed by atoms with van der Waals surface area (Å²) in [6.07, 6.45) is -2.86. The van der Waals surface area contributed by atoms with Crippen molar-refractivity contribution in [3.8, 4) is 0 Å². The van der Waals surface area contributed by atoms with Crippen LogP contribution in [0.5, 0.6) is 0 Å². The zero-order valence-corrected chi connectivity index (χ0v) is 14.3. The van der Waals surface area contributed by atoms with Crippen molar-refractivity contribution in [3.63, 3.8) is 0 Å². The van der Waals surface area contributed by atoms with Gasteiger partial charge in [-0.1, -0.05) is 0 Å². The largest absolute Gasteiger partial charge is 0.411 e. The molecule has 1 aliphatic heterocycles. The number of thiophene rings is 1. The van der Waals surface area contributed by atoms with Gasteiger partial charge in [0.2, 0.25) is 10.0 Å². The molecule has 1 fully saturated rings. The second kappa shape index (κ2) is 7.81. The molecule has 0 saturated carbocycles. The third-order valence-corrected chi connectivity index (χ3v) is 6.30. The number of nitrogens with zero attached hydrogens (tertiary/aromatic N) is 1. The van der Waals surface area contributed by atoms with Crippen LogP contribution in [0.1, 0.15) is 22.5 Å². The first kappa shape index (κ1) is 19.2. The van der Waals surface area contributed by atoms with Crippen LogP contribution in [0, 0.1) is 0 Å². The predicted molar refractivity (Wildman–Crippen MR) is 81.5 cm³/mol. The molecule has 24 heavy (non-hydrogen) atoms. The summed E-state index contributed by atoms with van der Waals surface area (Å²) in [5.41, 5.74) is 0. The molecule has 1 aromatic heterocycles. The minimum absolute atomic E-state index is 0.0257. The third kappa shape index (κ3) is 4.91. The van der Waals surface area contributed by atoms with Gasteiger partial charge in [-0.15, -0.1) is 11.3 Å². The van der Waals surface area contributed by atoms with Crippen LogP contribution < -0.4 is 5.32 Å². The van der Waals surface area contributed by atoms with E-state index < -0.39 is 28.7 Å². The van der Waals surface area contributed by atoms with Gasteiger partial charge in [-0.05, 0) is 24.3 Å². The number of rotatable bonds is 7.